The van der Waals surface area contributed by atoms with E-state index in [1.54, 1.807) is 0 Å². The fourth-order valence-corrected chi connectivity index (χ4v) is 1.41. The summed E-state index contributed by atoms with van der Waals surface area (Å²) in [5, 5.41) is 0. The van der Waals surface area contributed by atoms with E-state index in [2.05, 4.69) is 45.2 Å². The molecule has 0 saturated carbocycles. The minimum atomic E-state index is 0. The van der Waals surface area contributed by atoms with Crippen LogP contribution >= 0.6 is 0 Å². The number of hydrogen-bond acceptors (Lipinski definition) is 0. The quantitative estimate of drug-likeness (QED) is 0.718. The van der Waals surface area contributed by atoms with E-state index < -0.39 is 0 Å². The summed E-state index contributed by atoms with van der Waals surface area (Å²) in [6.07, 6.45) is 4.77. The Labute approximate surface area is 118 Å². The van der Waals surface area contributed by atoms with Crippen molar-refractivity contribution in [1.82, 2.24) is 0 Å². The summed E-state index contributed by atoms with van der Waals surface area (Å²) in [7, 11) is 0. The Kier molecular flexibility index (Phi) is 7.05. The first-order valence-corrected chi connectivity index (χ1v) is 4.94. The minimum Gasteiger partial charge on any atom is -0.336 e. The predicted molar refractivity (Wildman–Crippen MR) is 65.0 cm³/mol. The molecule has 15 heavy (non-hydrogen) atoms. The summed E-state index contributed by atoms with van der Waals surface area (Å²) in [5.74, 6) is 0.355. The van der Waals surface area contributed by atoms with Gasteiger partial charge in [0.05, 0.1) is 0 Å². The van der Waals surface area contributed by atoms with Crippen molar-refractivity contribution in [3.05, 3.63) is 55.0 Å². The van der Waals surface area contributed by atoms with Crippen molar-refractivity contribution in [2.75, 3.05) is 0 Å². The number of hydrogen-bond donors (Lipinski definition) is 0. The monoisotopic (exact) mass is 274 g/mol. The van der Waals surface area contributed by atoms with Crippen LogP contribution in [0, 0.1) is 6.92 Å². The third-order valence-electron chi connectivity index (χ3n) is 2.44. The molecule has 0 aromatic heterocycles. The summed E-state index contributed by atoms with van der Waals surface area (Å²) in [5.41, 5.74) is 3.54. The molecule has 0 fully saturated rings. The van der Waals surface area contributed by atoms with Gasteiger partial charge in [-0.25, -0.2) is 0 Å². The summed E-state index contributed by atoms with van der Waals surface area (Å²) in [6, 6.07) is 6.36. The van der Waals surface area contributed by atoms with Gasteiger partial charge >= 0.3 is 0 Å². The van der Waals surface area contributed by atoms with Crippen molar-refractivity contribution in [2.45, 2.75) is 19.3 Å². The molecule has 0 bridgehead atoms. The van der Waals surface area contributed by atoms with Crippen molar-refractivity contribution in [1.29, 1.82) is 0 Å². The van der Waals surface area contributed by atoms with E-state index in [-0.39, 0.29) is 32.7 Å². The van der Waals surface area contributed by atoms with Crippen LogP contribution in [-0.4, -0.2) is 0 Å². The third kappa shape index (κ3) is 4.05. The van der Waals surface area contributed by atoms with Crippen molar-refractivity contribution in [3.8, 4) is 0 Å². The molecule has 1 radical (unpaired) electrons. The molecule has 0 spiro atoms. The molecular formula is C14H17Y-. The van der Waals surface area contributed by atoms with Gasteiger partial charge in [0.2, 0.25) is 0 Å². The van der Waals surface area contributed by atoms with Crippen LogP contribution in [0.25, 0.3) is 12.2 Å². The summed E-state index contributed by atoms with van der Waals surface area (Å²) < 4.78 is 0. The van der Waals surface area contributed by atoms with Gasteiger partial charge in [-0.15, -0.1) is 5.92 Å². The van der Waals surface area contributed by atoms with Crippen molar-refractivity contribution in [2.24, 2.45) is 0 Å². The standard InChI is InChI=1S/C14H17.Y/c1-5-11(4)14-9-12(6-2)8-13(7-3)10-14;/h6-11H,2-5H2,1H3;/q-1;. The molecule has 0 aliphatic heterocycles. The van der Waals surface area contributed by atoms with Gasteiger partial charge in [0.1, 0.15) is 0 Å². The van der Waals surface area contributed by atoms with E-state index >= 15 is 0 Å². The molecule has 1 atom stereocenters. The van der Waals surface area contributed by atoms with Gasteiger partial charge in [-0.2, -0.15) is 0 Å². The first-order valence-electron chi connectivity index (χ1n) is 4.94. The van der Waals surface area contributed by atoms with Crippen molar-refractivity contribution in [3.63, 3.8) is 0 Å². The second kappa shape index (κ2) is 7.14. The molecule has 0 heterocycles. The third-order valence-corrected chi connectivity index (χ3v) is 2.44. The maximum absolute atomic E-state index is 4.11. The summed E-state index contributed by atoms with van der Waals surface area (Å²) in [6.45, 7) is 13.8. The zero-order valence-electron chi connectivity index (χ0n) is 9.37. The smallest absolute Gasteiger partial charge is 0 e. The van der Waals surface area contributed by atoms with Crippen LogP contribution in [0.2, 0.25) is 0 Å². The predicted octanol–water partition coefficient (Wildman–Crippen LogP) is 4.30. The van der Waals surface area contributed by atoms with E-state index in [1.165, 1.54) is 5.56 Å². The largest absolute Gasteiger partial charge is 0.336 e. The molecular weight excluding hydrogens is 257 g/mol. The van der Waals surface area contributed by atoms with Crippen molar-refractivity contribution >= 4 is 12.2 Å². The normalized spacial score (nSPS) is 11.3. The maximum atomic E-state index is 4.11. The number of benzene rings is 1. The van der Waals surface area contributed by atoms with Gasteiger partial charge in [0, 0.05) is 32.7 Å². The SMILES string of the molecule is C=Cc1cc(C=C)cc(C([CH2-])CC)c1.[Y]. The topological polar surface area (TPSA) is 0 Å². The molecule has 1 heteroatoms. The Morgan fingerprint density at radius 1 is 1.20 bits per heavy atom. The molecule has 0 aliphatic carbocycles. The van der Waals surface area contributed by atoms with E-state index in [9.17, 15) is 0 Å². The Morgan fingerprint density at radius 2 is 1.67 bits per heavy atom. The molecule has 1 rings (SSSR count). The average Bonchev–Trinajstić information content (AvgIpc) is 2.27. The summed E-state index contributed by atoms with van der Waals surface area (Å²) >= 11 is 0. The molecule has 1 aromatic rings. The molecule has 0 N–H and O–H groups in total. The van der Waals surface area contributed by atoms with Gasteiger partial charge in [-0.3, -0.25) is 0 Å². The Bertz CT molecular complexity index is 313. The second-order valence-electron chi connectivity index (χ2n) is 3.45. The molecule has 1 aromatic carbocycles. The maximum Gasteiger partial charge on any atom is 0 e. The zero-order chi connectivity index (χ0) is 10.6. The van der Waals surface area contributed by atoms with Crippen LogP contribution in [0.1, 0.15) is 36.0 Å². The zero-order valence-corrected chi connectivity index (χ0v) is 12.2. The Hall–Kier alpha value is -0.196. The van der Waals surface area contributed by atoms with E-state index in [1.807, 2.05) is 12.2 Å². The van der Waals surface area contributed by atoms with Gasteiger partial charge in [0.15, 0.2) is 0 Å². The van der Waals surface area contributed by atoms with Crippen LogP contribution in [0.4, 0.5) is 0 Å². The molecule has 0 saturated heterocycles. The minimum absolute atomic E-state index is 0. The summed E-state index contributed by atoms with van der Waals surface area (Å²) in [4.78, 5) is 0. The average molecular weight is 274 g/mol. The first kappa shape index (κ1) is 14.8. The Balaban J connectivity index is 0.00000196. The van der Waals surface area contributed by atoms with Crippen LogP contribution in [-0.2, 0) is 32.7 Å². The van der Waals surface area contributed by atoms with E-state index in [0.717, 1.165) is 17.5 Å². The van der Waals surface area contributed by atoms with Crippen LogP contribution in [0.3, 0.4) is 0 Å². The fraction of sp³-hybridized carbons (Fsp3) is 0.214. The van der Waals surface area contributed by atoms with Crippen LogP contribution in [0.5, 0.6) is 0 Å². The van der Waals surface area contributed by atoms with Gasteiger partial charge in [0.25, 0.3) is 0 Å². The van der Waals surface area contributed by atoms with Crippen LogP contribution in [0.15, 0.2) is 31.4 Å². The Morgan fingerprint density at radius 3 is 2.00 bits per heavy atom. The molecule has 0 amide bonds. The molecule has 0 aliphatic rings. The van der Waals surface area contributed by atoms with E-state index in [4.69, 9.17) is 0 Å². The van der Waals surface area contributed by atoms with Crippen molar-refractivity contribution < 1.29 is 32.7 Å². The fourth-order valence-electron chi connectivity index (χ4n) is 1.41. The van der Waals surface area contributed by atoms with Gasteiger partial charge in [-0.05, 0) is 17.2 Å². The van der Waals surface area contributed by atoms with Gasteiger partial charge < -0.3 is 6.92 Å². The van der Waals surface area contributed by atoms with Gasteiger partial charge in [-0.1, -0.05) is 56.4 Å². The molecule has 1 unspecified atom stereocenters. The first-order chi connectivity index (χ1) is 6.71. The molecule has 77 valence electrons. The second-order valence-corrected chi connectivity index (χ2v) is 3.45. The molecule has 0 nitrogen and oxygen atoms in total. The van der Waals surface area contributed by atoms with E-state index in [0.29, 0.717) is 5.92 Å². The van der Waals surface area contributed by atoms with Crippen LogP contribution < -0.4 is 0 Å². The number of rotatable bonds is 4.